The molecule has 4 rings (SSSR count). The normalized spacial score (nSPS) is 16.3. The highest BCUT2D eigenvalue weighted by molar-refractivity contribution is 5.78. The van der Waals surface area contributed by atoms with E-state index in [9.17, 15) is 14.4 Å². The number of benzene rings is 1. The van der Waals surface area contributed by atoms with Crippen LogP contribution in [0.25, 0.3) is 10.9 Å². The van der Waals surface area contributed by atoms with Gasteiger partial charge >= 0.3 is 0 Å². The Labute approximate surface area is 155 Å². The summed E-state index contributed by atoms with van der Waals surface area (Å²) in [5.74, 6) is -0.388. The molecular formula is C20H20FN5O. The number of rotatable bonds is 4. The molecule has 0 aliphatic heterocycles. The number of hydrogen-bond acceptors (Lipinski definition) is 4. The zero-order chi connectivity index (χ0) is 18.9. The van der Waals surface area contributed by atoms with E-state index in [2.05, 4.69) is 21.4 Å². The highest BCUT2D eigenvalue weighted by atomic mass is 19.1. The molecule has 1 aliphatic rings. The predicted octanol–water partition coefficient (Wildman–Crippen LogP) is 3.32. The van der Waals surface area contributed by atoms with Gasteiger partial charge in [-0.2, -0.15) is 5.26 Å². The molecule has 138 valence electrons. The van der Waals surface area contributed by atoms with E-state index in [0.29, 0.717) is 17.5 Å². The first-order chi connectivity index (χ1) is 13.1. The molecule has 7 heteroatoms. The summed E-state index contributed by atoms with van der Waals surface area (Å²) < 4.78 is 14.9. The van der Waals surface area contributed by atoms with E-state index in [1.165, 1.54) is 18.6 Å². The highest BCUT2D eigenvalue weighted by Crippen LogP contribution is 2.38. The molecule has 0 spiro atoms. The molecule has 0 bridgehead atoms. The SMILES string of the molecule is N#CC1(Cc2cn(Cc3cc4ccc(F)cc4[nH]c3=O)nn2)CCCCC1. The van der Waals surface area contributed by atoms with Gasteiger partial charge in [-0.1, -0.05) is 24.5 Å². The summed E-state index contributed by atoms with van der Waals surface area (Å²) in [4.78, 5) is 15.0. The third kappa shape index (κ3) is 3.61. The lowest BCUT2D eigenvalue weighted by Gasteiger charge is -2.29. The number of pyridine rings is 1. The molecular weight excluding hydrogens is 345 g/mol. The fourth-order valence-corrected chi connectivity index (χ4v) is 3.91. The van der Waals surface area contributed by atoms with Crippen LogP contribution in [0.15, 0.2) is 35.3 Å². The smallest absolute Gasteiger partial charge is 0.253 e. The van der Waals surface area contributed by atoms with E-state index in [1.54, 1.807) is 16.8 Å². The molecule has 1 aromatic carbocycles. The van der Waals surface area contributed by atoms with Gasteiger partial charge < -0.3 is 4.98 Å². The van der Waals surface area contributed by atoms with Crippen LogP contribution < -0.4 is 5.56 Å². The Balaban J connectivity index is 1.55. The zero-order valence-electron chi connectivity index (χ0n) is 14.9. The molecule has 0 unspecified atom stereocenters. The topological polar surface area (TPSA) is 87.4 Å². The maximum absolute atomic E-state index is 13.3. The van der Waals surface area contributed by atoms with Gasteiger partial charge in [-0.05, 0) is 42.5 Å². The van der Waals surface area contributed by atoms with Crippen molar-refractivity contribution in [3.8, 4) is 6.07 Å². The molecule has 27 heavy (non-hydrogen) atoms. The Kier molecular flexibility index (Phi) is 4.48. The summed E-state index contributed by atoms with van der Waals surface area (Å²) in [6, 6.07) is 8.54. The van der Waals surface area contributed by atoms with Gasteiger partial charge in [0, 0.05) is 18.2 Å². The van der Waals surface area contributed by atoms with Crippen LogP contribution in [0, 0.1) is 22.6 Å². The van der Waals surface area contributed by atoms with Crippen LogP contribution >= 0.6 is 0 Å². The molecule has 1 saturated carbocycles. The third-order valence-electron chi connectivity index (χ3n) is 5.37. The van der Waals surface area contributed by atoms with Crippen molar-refractivity contribution < 1.29 is 4.39 Å². The van der Waals surface area contributed by atoms with E-state index in [0.717, 1.165) is 36.8 Å². The molecule has 0 radical (unpaired) electrons. The van der Waals surface area contributed by atoms with Crippen LogP contribution in [-0.4, -0.2) is 20.0 Å². The molecule has 1 N–H and O–H groups in total. The summed E-state index contributed by atoms with van der Waals surface area (Å²) >= 11 is 0. The van der Waals surface area contributed by atoms with Crippen LogP contribution in [0.4, 0.5) is 4.39 Å². The molecule has 3 aromatic rings. The Bertz CT molecular complexity index is 1070. The number of nitriles is 1. The van der Waals surface area contributed by atoms with E-state index in [1.807, 2.05) is 6.20 Å². The minimum atomic E-state index is -0.388. The van der Waals surface area contributed by atoms with E-state index < -0.39 is 0 Å². The average molecular weight is 365 g/mol. The highest BCUT2D eigenvalue weighted by Gasteiger charge is 2.33. The summed E-state index contributed by atoms with van der Waals surface area (Å²) in [6.07, 6.45) is 7.54. The summed E-state index contributed by atoms with van der Waals surface area (Å²) in [7, 11) is 0. The minimum Gasteiger partial charge on any atom is -0.322 e. The van der Waals surface area contributed by atoms with Crippen molar-refractivity contribution >= 4 is 10.9 Å². The van der Waals surface area contributed by atoms with Crippen LogP contribution in [0.5, 0.6) is 0 Å². The van der Waals surface area contributed by atoms with Gasteiger partial charge in [-0.15, -0.1) is 5.10 Å². The number of H-pyrrole nitrogens is 1. The lowest BCUT2D eigenvalue weighted by Crippen LogP contribution is -2.25. The lowest BCUT2D eigenvalue weighted by molar-refractivity contribution is 0.263. The van der Waals surface area contributed by atoms with Crippen molar-refractivity contribution in [1.29, 1.82) is 5.26 Å². The van der Waals surface area contributed by atoms with Crippen LogP contribution in [0.3, 0.4) is 0 Å². The molecule has 2 heterocycles. The summed E-state index contributed by atoms with van der Waals surface area (Å²) in [6.45, 7) is 0.273. The van der Waals surface area contributed by atoms with E-state index in [4.69, 9.17) is 0 Å². The second-order valence-electron chi connectivity index (χ2n) is 7.39. The minimum absolute atomic E-state index is 0.272. The first-order valence-corrected chi connectivity index (χ1v) is 9.19. The number of halogens is 1. The number of fused-ring (bicyclic) bond motifs is 1. The van der Waals surface area contributed by atoms with Gasteiger partial charge in [0.1, 0.15) is 5.82 Å². The van der Waals surface area contributed by atoms with Crippen molar-refractivity contribution in [2.45, 2.75) is 45.1 Å². The van der Waals surface area contributed by atoms with E-state index >= 15 is 0 Å². The predicted molar refractivity (Wildman–Crippen MR) is 98.5 cm³/mol. The van der Waals surface area contributed by atoms with Gasteiger partial charge in [-0.3, -0.25) is 4.79 Å². The molecule has 1 fully saturated rings. The number of aromatic nitrogens is 4. The van der Waals surface area contributed by atoms with Crippen molar-refractivity contribution in [2.75, 3.05) is 0 Å². The van der Waals surface area contributed by atoms with E-state index in [-0.39, 0.29) is 23.3 Å². The Morgan fingerprint density at radius 2 is 2.07 bits per heavy atom. The zero-order valence-corrected chi connectivity index (χ0v) is 14.9. The Hall–Kier alpha value is -3.01. The quantitative estimate of drug-likeness (QED) is 0.768. The summed E-state index contributed by atoms with van der Waals surface area (Å²) in [5, 5.41) is 18.7. The van der Waals surface area contributed by atoms with Gasteiger partial charge in [0.2, 0.25) is 0 Å². The maximum Gasteiger partial charge on any atom is 0.253 e. The fraction of sp³-hybridized carbons (Fsp3) is 0.400. The number of nitrogens with one attached hydrogen (secondary N) is 1. The van der Waals surface area contributed by atoms with Gasteiger partial charge in [-0.25, -0.2) is 9.07 Å². The average Bonchev–Trinajstić information content (AvgIpc) is 3.10. The number of aromatic amines is 1. The van der Waals surface area contributed by atoms with Crippen molar-refractivity contribution in [1.82, 2.24) is 20.0 Å². The number of nitrogens with zero attached hydrogens (tertiary/aromatic N) is 4. The monoisotopic (exact) mass is 365 g/mol. The standard InChI is InChI=1S/C20H20FN5O/c21-16-5-4-14-8-15(19(27)23-18(14)9-16)11-26-12-17(24-25-26)10-20(13-22)6-2-1-3-7-20/h4-5,8-9,12H,1-3,6-7,10-11H2,(H,23,27). The van der Waals surface area contributed by atoms with Gasteiger partial charge in [0.15, 0.2) is 0 Å². The maximum atomic E-state index is 13.3. The van der Waals surface area contributed by atoms with Gasteiger partial charge in [0.25, 0.3) is 5.56 Å². The molecule has 0 amide bonds. The summed E-state index contributed by atoms with van der Waals surface area (Å²) in [5.41, 5.74) is 1.15. The molecule has 2 aromatic heterocycles. The van der Waals surface area contributed by atoms with Gasteiger partial charge in [0.05, 0.1) is 29.2 Å². The van der Waals surface area contributed by atoms with Crippen LogP contribution in [0.1, 0.15) is 43.4 Å². The Morgan fingerprint density at radius 1 is 1.26 bits per heavy atom. The third-order valence-corrected chi connectivity index (χ3v) is 5.37. The fourth-order valence-electron chi connectivity index (χ4n) is 3.91. The molecule has 0 atom stereocenters. The van der Waals surface area contributed by atoms with Crippen molar-refractivity contribution in [3.05, 3.63) is 57.9 Å². The van der Waals surface area contributed by atoms with Crippen LogP contribution in [-0.2, 0) is 13.0 Å². The lowest BCUT2D eigenvalue weighted by atomic mass is 9.72. The Morgan fingerprint density at radius 3 is 2.85 bits per heavy atom. The second-order valence-corrected chi connectivity index (χ2v) is 7.39. The van der Waals surface area contributed by atoms with Crippen molar-refractivity contribution in [3.63, 3.8) is 0 Å². The molecule has 6 nitrogen and oxygen atoms in total. The van der Waals surface area contributed by atoms with Crippen molar-refractivity contribution in [2.24, 2.45) is 5.41 Å². The van der Waals surface area contributed by atoms with Crippen LogP contribution in [0.2, 0.25) is 0 Å². The molecule has 1 aliphatic carbocycles. The first-order valence-electron chi connectivity index (χ1n) is 9.19. The largest absolute Gasteiger partial charge is 0.322 e. The molecule has 0 saturated heterocycles. The number of hydrogen-bond donors (Lipinski definition) is 1. The first kappa shape index (κ1) is 17.4. The second kappa shape index (κ2) is 6.95.